The number of quaternary nitrogens is 1. The molecule has 0 aliphatic carbocycles. The van der Waals surface area contributed by atoms with Crippen LogP contribution in [0.2, 0.25) is 0 Å². The number of ether oxygens (including phenoxy) is 1. The summed E-state index contributed by atoms with van der Waals surface area (Å²) in [6, 6.07) is 6.71. The highest BCUT2D eigenvalue weighted by Crippen LogP contribution is 2.31. The molecule has 0 bridgehead atoms. The summed E-state index contributed by atoms with van der Waals surface area (Å²) < 4.78 is 5.56. The Labute approximate surface area is 146 Å². The number of hydrogen-bond acceptors (Lipinski definition) is 4. The zero-order valence-electron chi connectivity index (χ0n) is 14.4. The first-order chi connectivity index (χ1) is 12.0. The smallest absolute Gasteiger partial charge is 0.292 e. The lowest BCUT2D eigenvalue weighted by Crippen LogP contribution is -3.17. The van der Waals surface area contributed by atoms with Crippen LogP contribution in [-0.2, 0) is 14.4 Å². The van der Waals surface area contributed by atoms with Crippen LogP contribution in [0.4, 0.5) is 5.69 Å². The van der Waals surface area contributed by atoms with Crippen molar-refractivity contribution in [3.8, 4) is 5.75 Å². The van der Waals surface area contributed by atoms with Crippen molar-refractivity contribution in [2.24, 2.45) is 11.7 Å². The third kappa shape index (κ3) is 3.37. The largest absolute Gasteiger partial charge is 0.492 e. The van der Waals surface area contributed by atoms with Crippen LogP contribution in [0.25, 0.3) is 0 Å². The fourth-order valence-electron chi connectivity index (χ4n) is 3.75. The number of hydrogen-bond donors (Lipinski definition) is 2. The number of carbonyl (C=O) groups excluding carboxylic acids is 3. The molecular formula is C18H24N3O4+. The van der Waals surface area contributed by atoms with Gasteiger partial charge in [0.2, 0.25) is 11.8 Å². The number of likely N-dealkylation sites (tertiary alicyclic amines) is 1. The molecular weight excluding hydrogens is 322 g/mol. The van der Waals surface area contributed by atoms with E-state index in [4.69, 9.17) is 10.5 Å². The van der Waals surface area contributed by atoms with Gasteiger partial charge >= 0.3 is 0 Å². The number of benzene rings is 1. The second kappa shape index (κ2) is 7.23. The Morgan fingerprint density at radius 3 is 2.60 bits per heavy atom. The highest BCUT2D eigenvalue weighted by molar-refractivity contribution is 6.22. The number of carbonyl (C=O) groups is 3. The van der Waals surface area contributed by atoms with Crippen molar-refractivity contribution in [1.29, 1.82) is 0 Å². The zero-order chi connectivity index (χ0) is 18.0. The van der Waals surface area contributed by atoms with Gasteiger partial charge < -0.3 is 15.4 Å². The van der Waals surface area contributed by atoms with E-state index in [1.807, 2.05) is 13.0 Å². The van der Waals surface area contributed by atoms with Crippen molar-refractivity contribution in [2.75, 3.05) is 24.6 Å². The molecule has 7 heteroatoms. The molecule has 0 unspecified atom stereocenters. The molecule has 134 valence electrons. The van der Waals surface area contributed by atoms with Crippen molar-refractivity contribution in [3.63, 3.8) is 0 Å². The summed E-state index contributed by atoms with van der Waals surface area (Å²) in [7, 11) is 0. The van der Waals surface area contributed by atoms with Gasteiger partial charge in [0.1, 0.15) is 5.75 Å². The van der Waals surface area contributed by atoms with Crippen LogP contribution in [0.5, 0.6) is 5.75 Å². The van der Waals surface area contributed by atoms with E-state index in [0.717, 1.165) is 4.90 Å². The summed E-state index contributed by atoms with van der Waals surface area (Å²) >= 11 is 0. The lowest BCUT2D eigenvalue weighted by Gasteiger charge is -2.30. The maximum absolute atomic E-state index is 12.9. The average Bonchev–Trinajstić information content (AvgIpc) is 2.90. The Bertz CT molecular complexity index is 683. The molecule has 1 aromatic rings. The van der Waals surface area contributed by atoms with Crippen LogP contribution in [0.1, 0.15) is 26.2 Å². The van der Waals surface area contributed by atoms with Gasteiger partial charge in [0.05, 0.1) is 31.8 Å². The SMILES string of the molecule is CCOc1ccccc1N1C(=O)C[C@H]([NH+]2CCC(C(N)=O)CC2)C1=O. The number of para-hydroxylation sites is 2. The number of anilines is 1. The lowest BCUT2D eigenvalue weighted by molar-refractivity contribution is -0.920. The molecule has 3 rings (SSSR count). The van der Waals surface area contributed by atoms with Gasteiger partial charge in [0, 0.05) is 18.8 Å². The van der Waals surface area contributed by atoms with Gasteiger partial charge in [-0.05, 0) is 19.1 Å². The number of imide groups is 1. The van der Waals surface area contributed by atoms with Crippen LogP contribution in [0.3, 0.4) is 0 Å². The van der Waals surface area contributed by atoms with Gasteiger partial charge in [-0.1, -0.05) is 12.1 Å². The van der Waals surface area contributed by atoms with E-state index in [9.17, 15) is 14.4 Å². The maximum Gasteiger partial charge on any atom is 0.292 e. The molecule has 2 aliphatic heterocycles. The van der Waals surface area contributed by atoms with Crippen molar-refractivity contribution >= 4 is 23.4 Å². The van der Waals surface area contributed by atoms with E-state index in [1.54, 1.807) is 18.2 Å². The molecule has 2 fully saturated rings. The highest BCUT2D eigenvalue weighted by Gasteiger charge is 2.47. The number of piperidine rings is 1. The Morgan fingerprint density at radius 1 is 1.28 bits per heavy atom. The van der Waals surface area contributed by atoms with E-state index in [2.05, 4.69) is 0 Å². The first kappa shape index (κ1) is 17.4. The molecule has 0 spiro atoms. The number of primary amides is 1. The van der Waals surface area contributed by atoms with E-state index < -0.39 is 6.04 Å². The quantitative estimate of drug-likeness (QED) is 0.703. The van der Waals surface area contributed by atoms with Crippen molar-refractivity contribution < 1.29 is 24.0 Å². The minimum absolute atomic E-state index is 0.120. The third-order valence-electron chi connectivity index (χ3n) is 5.08. The molecule has 2 heterocycles. The van der Waals surface area contributed by atoms with E-state index in [-0.39, 0.29) is 30.1 Å². The fourth-order valence-corrected chi connectivity index (χ4v) is 3.75. The Balaban J connectivity index is 1.76. The highest BCUT2D eigenvalue weighted by atomic mass is 16.5. The molecule has 0 aromatic heterocycles. The summed E-state index contributed by atoms with van der Waals surface area (Å²) in [5, 5.41) is 0. The first-order valence-corrected chi connectivity index (χ1v) is 8.75. The van der Waals surface area contributed by atoms with E-state index in [1.165, 1.54) is 4.90 Å². The van der Waals surface area contributed by atoms with Crippen molar-refractivity contribution in [2.45, 2.75) is 32.2 Å². The fraction of sp³-hybridized carbons (Fsp3) is 0.500. The van der Waals surface area contributed by atoms with Crippen LogP contribution in [-0.4, -0.2) is 43.5 Å². The Kier molecular flexibility index (Phi) is 5.03. The first-order valence-electron chi connectivity index (χ1n) is 8.75. The third-order valence-corrected chi connectivity index (χ3v) is 5.08. The number of nitrogens with one attached hydrogen (secondary N) is 1. The molecule has 3 amide bonds. The molecule has 7 nitrogen and oxygen atoms in total. The van der Waals surface area contributed by atoms with E-state index >= 15 is 0 Å². The molecule has 1 aromatic carbocycles. The Morgan fingerprint density at radius 2 is 1.96 bits per heavy atom. The number of nitrogens with zero attached hydrogens (tertiary/aromatic N) is 1. The standard InChI is InChI=1S/C18H23N3O4/c1-2-25-15-6-4-3-5-13(15)21-16(22)11-14(18(21)24)20-9-7-12(8-10-20)17(19)23/h3-6,12,14H,2,7-11H2,1H3,(H2,19,23)/p+1/t14-/m0/s1. The number of amides is 3. The van der Waals surface area contributed by atoms with Crippen molar-refractivity contribution in [1.82, 2.24) is 0 Å². The summed E-state index contributed by atoms with van der Waals surface area (Å²) in [5.41, 5.74) is 5.87. The predicted octanol–water partition coefficient (Wildman–Crippen LogP) is -0.503. The van der Waals surface area contributed by atoms with Gasteiger partial charge in [-0.3, -0.25) is 14.4 Å². The zero-order valence-corrected chi connectivity index (χ0v) is 14.4. The second-order valence-corrected chi connectivity index (χ2v) is 6.56. The Hall–Kier alpha value is -2.41. The minimum atomic E-state index is -0.393. The summed E-state index contributed by atoms with van der Waals surface area (Å²) in [5.74, 6) is -0.253. The summed E-state index contributed by atoms with van der Waals surface area (Å²) in [6.45, 7) is 3.68. The van der Waals surface area contributed by atoms with Crippen molar-refractivity contribution in [3.05, 3.63) is 24.3 Å². The van der Waals surface area contributed by atoms with Crippen LogP contribution in [0.15, 0.2) is 24.3 Å². The molecule has 2 aliphatic rings. The topological polar surface area (TPSA) is 94.1 Å². The average molecular weight is 346 g/mol. The summed E-state index contributed by atoms with van der Waals surface area (Å²) in [6.07, 6.45) is 1.52. The summed E-state index contributed by atoms with van der Waals surface area (Å²) in [4.78, 5) is 39.1. The van der Waals surface area contributed by atoms with Crippen LogP contribution >= 0.6 is 0 Å². The van der Waals surface area contributed by atoms with Gasteiger partial charge in [0.25, 0.3) is 5.91 Å². The molecule has 2 saturated heterocycles. The van der Waals surface area contributed by atoms with Crippen LogP contribution in [0, 0.1) is 5.92 Å². The van der Waals surface area contributed by atoms with Gasteiger partial charge in [-0.15, -0.1) is 0 Å². The molecule has 3 N–H and O–H groups in total. The van der Waals surface area contributed by atoms with E-state index in [0.29, 0.717) is 44.0 Å². The van der Waals surface area contributed by atoms with Gasteiger partial charge in [0.15, 0.2) is 6.04 Å². The minimum Gasteiger partial charge on any atom is -0.492 e. The number of rotatable bonds is 5. The predicted molar refractivity (Wildman–Crippen MR) is 91.1 cm³/mol. The normalized spacial score (nSPS) is 26.8. The molecule has 1 atom stereocenters. The molecule has 25 heavy (non-hydrogen) atoms. The monoisotopic (exact) mass is 346 g/mol. The van der Waals surface area contributed by atoms with Gasteiger partial charge in [-0.25, -0.2) is 4.90 Å². The van der Waals surface area contributed by atoms with Gasteiger partial charge in [-0.2, -0.15) is 0 Å². The molecule has 0 saturated carbocycles. The maximum atomic E-state index is 12.9. The lowest BCUT2D eigenvalue weighted by atomic mass is 9.95. The second-order valence-electron chi connectivity index (χ2n) is 6.56. The molecule has 0 radical (unpaired) electrons. The number of nitrogens with two attached hydrogens (primary N) is 1. The van der Waals surface area contributed by atoms with Crippen LogP contribution < -0.4 is 20.3 Å².